The fourth-order valence-corrected chi connectivity index (χ4v) is 8.99. The molecule has 41 heavy (non-hydrogen) atoms. The number of hydrogen-bond acceptors (Lipinski definition) is 0. The second-order valence-corrected chi connectivity index (χ2v) is 15.3. The fourth-order valence-electron chi connectivity index (χ4n) is 6.25. The number of aromatic nitrogens is 3. The molecule has 0 aliphatic rings. The van der Waals surface area contributed by atoms with Crippen molar-refractivity contribution in [3.8, 4) is 5.69 Å². The molecular formula is C37H38N3P+2. The zero-order valence-corrected chi connectivity index (χ0v) is 26.0. The Morgan fingerprint density at radius 1 is 0.634 bits per heavy atom. The Morgan fingerprint density at radius 3 is 2.00 bits per heavy atom. The number of rotatable bonds is 1. The highest BCUT2D eigenvalue weighted by molar-refractivity contribution is 7.51. The second kappa shape index (κ2) is 9.03. The van der Waals surface area contributed by atoms with Gasteiger partial charge < -0.3 is 0 Å². The second-order valence-electron chi connectivity index (χ2n) is 13.4. The van der Waals surface area contributed by atoms with E-state index >= 15 is 0 Å². The topological polar surface area (TPSA) is 12.9 Å². The first-order valence-corrected chi connectivity index (χ1v) is 15.8. The monoisotopic (exact) mass is 555 g/mol. The van der Waals surface area contributed by atoms with E-state index in [9.17, 15) is 0 Å². The maximum Gasteiger partial charge on any atom is 0.287 e. The van der Waals surface area contributed by atoms with Crippen LogP contribution >= 0.6 is 7.50 Å². The van der Waals surface area contributed by atoms with Crippen LogP contribution in [-0.4, -0.2) is 4.57 Å². The average molecular weight is 556 g/mol. The molecule has 0 saturated carbocycles. The number of pyridine rings is 2. The number of hydrogen-bond donors (Lipinski definition) is 0. The molecule has 1 unspecified atom stereocenters. The molecule has 0 fully saturated rings. The minimum atomic E-state index is -0.839. The Labute approximate surface area is 243 Å². The van der Waals surface area contributed by atoms with E-state index in [1.807, 2.05) is 0 Å². The molecule has 204 valence electrons. The van der Waals surface area contributed by atoms with Crippen molar-refractivity contribution in [3.63, 3.8) is 0 Å². The number of aryl methyl sites for hydroxylation is 1. The first-order valence-electron chi connectivity index (χ1n) is 14.5. The number of nitrogens with zero attached hydrogens (tertiary/aromatic N) is 3. The Kier molecular flexibility index (Phi) is 5.72. The highest BCUT2D eigenvalue weighted by Crippen LogP contribution is 2.43. The Bertz CT molecular complexity index is 2150. The SMILES string of the molecule is C[n+]1c2cccc1n(-c1cc(C(C)(C)C)cc(C(C)(C)C)c1)c1cccc3c4cccc[n+]4p(c4ccccc24)c31. The summed E-state index contributed by atoms with van der Waals surface area (Å²) in [5.41, 5.74) is 8.90. The molecule has 7 rings (SSSR count). The van der Waals surface area contributed by atoms with E-state index in [-0.39, 0.29) is 10.8 Å². The summed E-state index contributed by atoms with van der Waals surface area (Å²) in [6.45, 7) is 13.9. The van der Waals surface area contributed by atoms with E-state index in [1.54, 1.807) is 0 Å². The maximum atomic E-state index is 2.53. The fraction of sp³-hybridized carbons (Fsp3) is 0.243. The summed E-state index contributed by atoms with van der Waals surface area (Å²) in [7, 11) is 1.38. The number of fused-ring (bicyclic) bond motifs is 8. The summed E-state index contributed by atoms with van der Waals surface area (Å²) in [6.07, 6.45) is 2.28. The average Bonchev–Trinajstić information content (AvgIpc) is 3.28. The molecule has 0 saturated heterocycles. The smallest absolute Gasteiger partial charge is 0.229 e. The number of benzene rings is 3. The van der Waals surface area contributed by atoms with Gasteiger partial charge in [-0.3, -0.25) is 0 Å². The summed E-state index contributed by atoms with van der Waals surface area (Å²) in [5, 5.41) is 5.44. The van der Waals surface area contributed by atoms with Gasteiger partial charge in [-0.1, -0.05) is 65.8 Å². The normalized spacial score (nSPS) is 13.2. The third-order valence-corrected chi connectivity index (χ3v) is 11.1. The highest BCUT2D eigenvalue weighted by Gasteiger charge is 2.28. The van der Waals surface area contributed by atoms with E-state index < -0.39 is 7.50 Å². The van der Waals surface area contributed by atoms with Crippen molar-refractivity contribution >= 4 is 50.7 Å². The van der Waals surface area contributed by atoms with E-state index in [0.29, 0.717) is 0 Å². The van der Waals surface area contributed by atoms with E-state index in [4.69, 9.17) is 0 Å². The van der Waals surface area contributed by atoms with Crippen molar-refractivity contribution in [2.24, 2.45) is 7.05 Å². The van der Waals surface area contributed by atoms with Gasteiger partial charge in [0.2, 0.25) is 5.52 Å². The third-order valence-electron chi connectivity index (χ3n) is 8.55. The first kappa shape index (κ1) is 26.0. The summed E-state index contributed by atoms with van der Waals surface area (Å²) in [6, 6.07) is 36.6. The van der Waals surface area contributed by atoms with Crippen molar-refractivity contribution in [2.45, 2.75) is 52.4 Å². The molecular weight excluding hydrogens is 517 g/mol. The first-order chi connectivity index (χ1) is 19.5. The van der Waals surface area contributed by atoms with Gasteiger partial charge in [0.15, 0.2) is 19.2 Å². The Morgan fingerprint density at radius 2 is 1.27 bits per heavy atom. The van der Waals surface area contributed by atoms with E-state index in [2.05, 4.69) is 165 Å². The van der Waals surface area contributed by atoms with Crippen LogP contribution < -0.4 is 8.73 Å². The summed E-state index contributed by atoms with van der Waals surface area (Å²) < 4.78 is 7.44. The van der Waals surface area contributed by atoms with Crippen molar-refractivity contribution < 1.29 is 8.73 Å². The molecule has 4 aromatic heterocycles. The van der Waals surface area contributed by atoms with Crippen LogP contribution in [0.3, 0.4) is 0 Å². The maximum absolute atomic E-state index is 2.53. The van der Waals surface area contributed by atoms with Crippen LogP contribution in [0.25, 0.3) is 48.9 Å². The van der Waals surface area contributed by atoms with Crippen molar-refractivity contribution in [1.29, 1.82) is 0 Å². The minimum Gasteiger partial charge on any atom is -0.229 e. The van der Waals surface area contributed by atoms with Crippen LogP contribution in [0, 0.1) is 0 Å². The Balaban J connectivity index is 1.85. The molecule has 3 nitrogen and oxygen atoms in total. The molecule has 7 aromatic rings. The third kappa shape index (κ3) is 4.02. The lowest BCUT2D eigenvalue weighted by Crippen LogP contribution is -2.32. The van der Waals surface area contributed by atoms with E-state index in [0.717, 1.165) is 5.65 Å². The summed E-state index contributed by atoms with van der Waals surface area (Å²) >= 11 is 0. The van der Waals surface area contributed by atoms with Crippen LogP contribution in [0.5, 0.6) is 0 Å². The predicted molar refractivity (Wildman–Crippen MR) is 175 cm³/mol. The molecule has 4 heteroatoms. The van der Waals surface area contributed by atoms with Crippen LogP contribution in [0.15, 0.2) is 103 Å². The van der Waals surface area contributed by atoms with Gasteiger partial charge in [-0.15, -0.1) is 0 Å². The van der Waals surface area contributed by atoms with Crippen molar-refractivity contribution in [3.05, 3.63) is 114 Å². The minimum absolute atomic E-state index is 0.0211. The largest absolute Gasteiger partial charge is 0.287 e. The van der Waals surface area contributed by atoms with Crippen LogP contribution in [-0.2, 0) is 17.9 Å². The van der Waals surface area contributed by atoms with Crippen LogP contribution in [0.2, 0.25) is 0 Å². The highest BCUT2D eigenvalue weighted by atomic mass is 31.1. The lowest BCUT2D eigenvalue weighted by Gasteiger charge is -2.25. The van der Waals surface area contributed by atoms with Crippen molar-refractivity contribution in [1.82, 2.24) is 4.57 Å². The molecule has 0 N–H and O–H groups in total. The predicted octanol–water partition coefficient (Wildman–Crippen LogP) is 9.10. The van der Waals surface area contributed by atoms with Crippen LogP contribution in [0.1, 0.15) is 52.7 Å². The van der Waals surface area contributed by atoms with E-state index in [1.165, 1.54) is 54.4 Å². The molecule has 0 amide bonds. The molecule has 1 atom stereocenters. The zero-order valence-electron chi connectivity index (χ0n) is 25.1. The van der Waals surface area contributed by atoms with Gasteiger partial charge in [-0.25, -0.2) is 4.57 Å². The molecule has 0 aliphatic carbocycles. The zero-order chi connectivity index (χ0) is 28.7. The molecule has 0 radical (unpaired) electrons. The molecule has 3 aromatic carbocycles. The standard InChI is InChI=1S/C37H38N3P/c1-36(2,3)25-22-26(37(4,5)6)24-27(23-25)40-32-18-12-15-29-31-16-10-11-21-39(31)41(35(29)32)33-19-9-8-14-28(33)30-17-13-20-34(40)38(30)7/h8-24H,1-7H3/q+2. The lowest BCUT2D eigenvalue weighted by molar-refractivity contribution is -0.621. The molecule has 2 bridgehead atoms. The summed E-state index contributed by atoms with van der Waals surface area (Å²) in [5.74, 6) is 0. The molecule has 4 heterocycles. The van der Waals surface area contributed by atoms with Gasteiger partial charge in [0.1, 0.15) is 16.3 Å². The molecule has 0 spiro atoms. The van der Waals surface area contributed by atoms with Gasteiger partial charge in [-0.05, 0) is 76.6 Å². The van der Waals surface area contributed by atoms with Gasteiger partial charge in [-0.2, -0.15) is 8.73 Å². The van der Waals surface area contributed by atoms with Gasteiger partial charge in [0.05, 0.1) is 17.6 Å². The lowest BCUT2D eigenvalue weighted by atomic mass is 9.80. The van der Waals surface area contributed by atoms with Crippen LogP contribution in [0.4, 0.5) is 0 Å². The Hall–Kier alpha value is -3.94. The van der Waals surface area contributed by atoms with Gasteiger partial charge >= 0.3 is 0 Å². The summed E-state index contributed by atoms with van der Waals surface area (Å²) in [4.78, 5) is 0. The molecule has 0 aliphatic heterocycles. The van der Waals surface area contributed by atoms with Crippen molar-refractivity contribution in [2.75, 3.05) is 0 Å². The van der Waals surface area contributed by atoms with Gasteiger partial charge in [0, 0.05) is 23.6 Å². The quantitative estimate of drug-likeness (QED) is 0.179. The van der Waals surface area contributed by atoms with Gasteiger partial charge in [0.25, 0.3) is 5.65 Å².